The lowest BCUT2D eigenvalue weighted by Gasteiger charge is -2.11. The fraction of sp³-hybridized carbons (Fsp3) is 0.150. The molecule has 0 aliphatic heterocycles. The van der Waals surface area contributed by atoms with Crippen LogP contribution >= 0.6 is 0 Å². The molecule has 0 spiro atoms. The Kier molecular flexibility index (Phi) is 6.52. The summed E-state index contributed by atoms with van der Waals surface area (Å²) in [7, 11) is 0. The Morgan fingerprint density at radius 1 is 1.19 bits per heavy atom. The van der Waals surface area contributed by atoms with Gasteiger partial charge in [0.25, 0.3) is 0 Å². The Morgan fingerprint density at radius 2 is 1.92 bits per heavy atom. The van der Waals surface area contributed by atoms with Crippen molar-refractivity contribution in [3.8, 4) is 17.6 Å². The number of carbonyl (C=O) groups excluding carboxylic acids is 2. The van der Waals surface area contributed by atoms with Crippen LogP contribution in [0.3, 0.4) is 0 Å². The quantitative estimate of drug-likeness (QED) is 0.471. The van der Waals surface area contributed by atoms with Crippen LogP contribution in [0.15, 0.2) is 55.1 Å². The van der Waals surface area contributed by atoms with Crippen LogP contribution < -0.4 is 14.8 Å². The van der Waals surface area contributed by atoms with Crippen LogP contribution in [0.2, 0.25) is 0 Å². The van der Waals surface area contributed by atoms with Gasteiger partial charge >= 0.3 is 5.97 Å². The van der Waals surface area contributed by atoms with Crippen LogP contribution in [0.5, 0.6) is 11.5 Å². The molecule has 1 amide bonds. The number of benzene rings is 2. The highest BCUT2D eigenvalue weighted by Gasteiger charge is 2.13. The summed E-state index contributed by atoms with van der Waals surface area (Å²) in [5.41, 5.74) is 1.61. The molecule has 2 rings (SSSR count). The summed E-state index contributed by atoms with van der Waals surface area (Å²) < 4.78 is 10.8. The van der Waals surface area contributed by atoms with E-state index in [2.05, 4.69) is 11.9 Å². The summed E-state index contributed by atoms with van der Waals surface area (Å²) in [6.07, 6.45) is 1.19. The minimum Gasteiger partial charge on any atom is -0.490 e. The molecule has 0 aliphatic carbocycles. The van der Waals surface area contributed by atoms with Crippen LogP contribution in [0.1, 0.15) is 28.4 Å². The molecule has 0 radical (unpaired) electrons. The molecule has 0 bridgehead atoms. The lowest BCUT2D eigenvalue weighted by molar-refractivity contribution is -0.116. The fourth-order valence-corrected chi connectivity index (χ4v) is 2.11. The highest BCUT2D eigenvalue weighted by molar-refractivity contribution is 5.91. The van der Waals surface area contributed by atoms with Crippen molar-refractivity contribution < 1.29 is 19.1 Å². The van der Waals surface area contributed by atoms with E-state index >= 15 is 0 Å². The van der Waals surface area contributed by atoms with Gasteiger partial charge in [0.05, 0.1) is 23.8 Å². The number of amides is 1. The van der Waals surface area contributed by atoms with Crippen molar-refractivity contribution in [3.63, 3.8) is 0 Å². The van der Waals surface area contributed by atoms with Crippen LogP contribution in [-0.4, -0.2) is 18.5 Å². The molecule has 0 saturated carbocycles. The number of hydrogen-bond donors (Lipinski definition) is 1. The van der Waals surface area contributed by atoms with Crippen LogP contribution in [0.25, 0.3) is 0 Å². The lowest BCUT2D eigenvalue weighted by Crippen LogP contribution is -2.20. The van der Waals surface area contributed by atoms with Crippen molar-refractivity contribution in [2.24, 2.45) is 0 Å². The topological polar surface area (TPSA) is 88.4 Å². The monoisotopic (exact) mass is 350 g/mol. The molecular formula is C20H18N2O4. The maximum atomic E-state index is 12.3. The predicted octanol–water partition coefficient (Wildman–Crippen LogP) is 2.98. The van der Waals surface area contributed by atoms with Gasteiger partial charge in [-0.3, -0.25) is 4.79 Å². The van der Waals surface area contributed by atoms with Gasteiger partial charge in [0, 0.05) is 12.6 Å². The maximum Gasteiger partial charge on any atom is 0.343 e. The Hall–Kier alpha value is -3.59. The molecule has 0 aromatic heterocycles. The van der Waals surface area contributed by atoms with E-state index in [1.165, 1.54) is 18.2 Å². The Balaban J connectivity index is 2.09. The second-order valence-electron chi connectivity index (χ2n) is 5.21. The number of nitrogens with one attached hydrogen (secondary N) is 1. The number of nitriles is 1. The van der Waals surface area contributed by atoms with Crippen molar-refractivity contribution >= 4 is 11.9 Å². The van der Waals surface area contributed by atoms with E-state index < -0.39 is 5.97 Å². The summed E-state index contributed by atoms with van der Waals surface area (Å²) in [5.74, 6) is -0.225. The molecule has 6 nitrogen and oxygen atoms in total. The van der Waals surface area contributed by atoms with E-state index in [4.69, 9.17) is 14.7 Å². The molecular weight excluding hydrogens is 332 g/mol. The zero-order valence-electron chi connectivity index (χ0n) is 14.3. The number of esters is 1. The summed E-state index contributed by atoms with van der Waals surface area (Å²) in [6, 6.07) is 13.3. The molecule has 6 heteroatoms. The molecule has 0 aliphatic rings. The zero-order valence-corrected chi connectivity index (χ0v) is 14.3. The third-order valence-electron chi connectivity index (χ3n) is 3.42. The van der Waals surface area contributed by atoms with Crippen LogP contribution in [0, 0.1) is 11.3 Å². The van der Waals surface area contributed by atoms with E-state index in [0.29, 0.717) is 30.0 Å². The molecule has 0 unspecified atom stereocenters. The van der Waals surface area contributed by atoms with Crippen molar-refractivity contribution in [2.75, 3.05) is 6.61 Å². The second-order valence-corrected chi connectivity index (χ2v) is 5.21. The van der Waals surface area contributed by atoms with Crippen molar-refractivity contribution in [1.29, 1.82) is 5.26 Å². The van der Waals surface area contributed by atoms with Crippen molar-refractivity contribution in [2.45, 2.75) is 13.5 Å². The van der Waals surface area contributed by atoms with Gasteiger partial charge in [-0.15, -0.1) is 0 Å². The van der Waals surface area contributed by atoms with Gasteiger partial charge in [0.1, 0.15) is 0 Å². The minimum atomic E-state index is -0.544. The first kappa shape index (κ1) is 18.7. The van der Waals surface area contributed by atoms with E-state index in [9.17, 15) is 9.59 Å². The third-order valence-corrected chi connectivity index (χ3v) is 3.42. The number of rotatable bonds is 7. The molecule has 0 heterocycles. The molecule has 1 N–H and O–H groups in total. The van der Waals surface area contributed by atoms with E-state index in [-0.39, 0.29) is 11.7 Å². The third kappa shape index (κ3) is 4.95. The van der Waals surface area contributed by atoms with Crippen LogP contribution in [0.4, 0.5) is 0 Å². The first-order chi connectivity index (χ1) is 12.6. The first-order valence-electron chi connectivity index (χ1n) is 7.95. The fourth-order valence-electron chi connectivity index (χ4n) is 2.11. The van der Waals surface area contributed by atoms with Gasteiger partial charge in [-0.05, 0) is 42.8 Å². The lowest BCUT2D eigenvalue weighted by atomic mass is 10.1. The highest BCUT2D eigenvalue weighted by atomic mass is 16.6. The summed E-state index contributed by atoms with van der Waals surface area (Å²) in [5, 5.41) is 11.6. The molecule has 0 saturated heterocycles. The van der Waals surface area contributed by atoms with Gasteiger partial charge in [0.15, 0.2) is 11.5 Å². The SMILES string of the molecule is C=CC(=O)NCc1ccc(C(=O)Oc2ccc(C#N)cc2OCC)cc1. The normalized spacial score (nSPS) is 9.69. The molecule has 0 atom stereocenters. The van der Waals surface area contributed by atoms with Gasteiger partial charge < -0.3 is 14.8 Å². The van der Waals surface area contributed by atoms with E-state index in [1.807, 2.05) is 6.07 Å². The molecule has 26 heavy (non-hydrogen) atoms. The van der Waals surface area contributed by atoms with E-state index in [0.717, 1.165) is 5.56 Å². The van der Waals surface area contributed by atoms with Crippen molar-refractivity contribution in [1.82, 2.24) is 5.32 Å². The summed E-state index contributed by atoms with van der Waals surface area (Å²) >= 11 is 0. The van der Waals surface area contributed by atoms with Crippen LogP contribution in [-0.2, 0) is 11.3 Å². The smallest absolute Gasteiger partial charge is 0.343 e. The Labute approximate surface area is 151 Å². The Bertz CT molecular complexity index is 851. The number of hydrogen-bond acceptors (Lipinski definition) is 5. The first-order valence-corrected chi connectivity index (χ1v) is 7.95. The maximum absolute atomic E-state index is 12.3. The number of carbonyl (C=O) groups is 2. The van der Waals surface area contributed by atoms with Gasteiger partial charge in [-0.1, -0.05) is 18.7 Å². The summed E-state index contributed by atoms with van der Waals surface area (Å²) in [6.45, 7) is 5.90. The standard InChI is InChI=1S/C20H18N2O4/c1-3-19(23)22-13-14-5-8-16(9-6-14)20(24)26-17-10-7-15(12-21)11-18(17)25-4-2/h3,5-11H,1,4,13H2,2H3,(H,22,23). The molecule has 132 valence electrons. The second kappa shape index (κ2) is 9.04. The zero-order chi connectivity index (χ0) is 18.9. The minimum absolute atomic E-state index is 0.248. The molecule has 0 fully saturated rings. The van der Waals surface area contributed by atoms with Gasteiger partial charge in [-0.25, -0.2) is 4.79 Å². The van der Waals surface area contributed by atoms with Gasteiger partial charge in [-0.2, -0.15) is 5.26 Å². The molecule has 2 aromatic rings. The molecule has 2 aromatic carbocycles. The van der Waals surface area contributed by atoms with Gasteiger partial charge in [0.2, 0.25) is 5.91 Å². The highest BCUT2D eigenvalue weighted by Crippen LogP contribution is 2.29. The Morgan fingerprint density at radius 3 is 2.54 bits per heavy atom. The largest absolute Gasteiger partial charge is 0.490 e. The average molecular weight is 350 g/mol. The average Bonchev–Trinajstić information content (AvgIpc) is 2.67. The summed E-state index contributed by atoms with van der Waals surface area (Å²) in [4.78, 5) is 23.5. The number of nitrogens with zero attached hydrogens (tertiary/aromatic N) is 1. The van der Waals surface area contributed by atoms with Crippen molar-refractivity contribution in [3.05, 3.63) is 71.8 Å². The predicted molar refractivity (Wildman–Crippen MR) is 95.8 cm³/mol. The number of ether oxygens (including phenoxy) is 2. The van der Waals surface area contributed by atoms with E-state index in [1.54, 1.807) is 37.3 Å².